The van der Waals surface area contributed by atoms with Crippen molar-refractivity contribution in [2.45, 2.75) is 45.8 Å². The second-order valence-corrected chi connectivity index (χ2v) is 3.53. The number of methoxy groups -OCH3 is 1. The van der Waals surface area contributed by atoms with Gasteiger partial charge in [0.2, 0.25) is 0 Å². The molecular weight excluding hydrogens is 138 g/mol. The lowest BCUT2D eigenvalue weighted by atomic mass is 9.98. The van der Waals surface area contributed by atoms with Gasteiger partial charge in [0, 0.05) is 12.6 Å². The number of ether oxygens (including phenoxy) is 1. The molecule has 0 spiro atoms. The molecule has 0 aromatic rings. The first-order chi connectivity index (χ1) is 5.04. The van der Waals surface area contributed by atoms with E-state index in [1.54, 1.807) is 7.11 Å². The fourth-order valence-corrected chi connectivity index (χ4v) is 0.886. The topological polar surface area (TPSA) is 21.3 Å². The van der Waals surface area contributed by atoms with Gasteiger partial charge in [-0.05, 0) is 33.7 Å². The van der Waals surface area contributed by atoms with Gasteiger partial charge in [0.15, 0.2) is 0 Å². The predicted octanol–water partition coefficient (Wildman–Crippen LogP) is 1.80. The molecule has 1 N–H and O–H groups in total. The Morgan fingerprint density at radius 1 is 1.45 bits per heavy atom. The SMILES string of the molecule is CCCNC(C)(C)C(C)OC. The largest absolute Gasteiger partial charge is 0.380 e. The summed E-state index contributed by atoms with van der Waals surface area (Å²) in [4.78, 5) is 0. The zero-order chi connectivity index (χ0) is 8.91. The minimum Gasteiger partial charge on any atom is -0.380 e. The molecule has 11 heavy (non-hydrogen) atoms. The summed E-state index contributed by atoms with van der Waals surface area (Å²) in [5.41, 5.74) is 0.0881. The maximum Gasteiger partial charge on any atom is 0.0719 e. The molecule has 2 nitrogen and oxygen atoms in total. The summed E-state index contributed by atoms with van der Waals surface area (Å²) in [5, 5.41) is 3.43. The number of rotatable bonds is 5. The van der Waals surface area contributed by atoms with Crippen LogP contribution in [0.25, 0.3) is 0 Å². The Hall–Kier alpha value is -0.0800. The van der Waals surface area contributed by atoms with Crippen LogP contribution in [0.3, 0.4) is 0 Å². The predicted molar refractivity (Wildman–Crippen MR) is 48.8 cm³/mol. The highest BCUT2D eigenvalue weighted by Crippen LogP contribution is 2.10. The summed E-state index contributed by atoms with van der Waals surface area (Å²) >= 11 is 0. The van der Waals surface area contributed by atoms with Crippen molar-refractivity contribution in [2.24, 2.45) is 0 Å². The molecule has 0 rings (SSSR count). The summed E-state index contributed by atoms with van der Waals surface area (Å²) in [6.45, 7) is 9.64. The van der Waals surface area contributed by atoms with Gasteiger partial charge >= 0.3 is 0 Å². The third-order valence-corrected chi connectivity index (χ3v) is 2.20. The highest BCUT2D eigenvalue weighted by atomic mass is 16.5. The van der Waals surface area contributed by atoms with Crippen molar-refractivity contribution in [3.8, 4) is 0 Å². The molecule has 1 unspecified atom stereocenters. The Morgan fingerprint density at radius 3 is 2.36 bits per heavy atom. The lowest BCUT2D eigenvalue weighted by molar-refractivity contribution is 0.0469. The quantitative estimate of drug-likeness (QED) is 0.660. The number of hydrogen-bond acceptors (Lipinski definition) is 2. The zero-order valence-electron chi connectivity index (χ0n) is 8.40. The van der Waals surface area contributed by atoms with Crippen LogP contribution in [-0.4, -0.2) is 25.3 Å². The van der Waals surface area contributed by atoms with Crippen molar-refractivity contribution in [3.05, 3.63) is 0 Å². The van der Waals surface area contributed by atoms with Crippen LogP contribution in [0.1, 0.15) is 34.1 Å². The molecule has 1 atom stereocenters. The van der Waals surface area contributed by atoms with E-state index in [0.717, 1.165) is 6.54 Å². The molecule has 0 aromatic heterocycles. The molecule has 2 heteroatoms. The second-order valence-electron chi connectivity index (χ2n) is 3.53. The molecule has 0 bridgehead atoms. The Kier molecular flexibility index (Phi) is 4.69. The van der Waals surface area contributed by atoms with Crippen LogP contribution < -0.4 is 5.32 Å². The van der Waals surface area contributed by atoms with Gasteiger partial charge in [-0.25, -0.2) is 0 Å². The molecule has 0 aliphatic rings. The van der Waals surface area contributed by atoms with Gasteiger partial charge in [0.25, 0.3) is 0 Å². The minimum absolute atomic E-state index is 0.0881. The van der Waals surface area contributed by atoms with Crippen molar-refractivity contribution in [1.29, 1.82) is 0 Å². The zero-order valence-corrected chi connectivity index (χ0v) is 8.40. The van der Waals surface area contributed by atoms with Gasteiger partial charge in [-0.15, -0.1) is 0 Å². The molecule has 68 valence electrons. The third-order valence-electron chi connectivity index (χ3n) is 2.20. The van der Waals surface area contributed by atoms with E-state index in [1.807, 2.05) is 0 Å². The summed E-state index contributed by atoms with van der Waals surface area (Å²) in [5.74, 6) is 0. The average molecular weight is 159 g/mol. The summed E-state index contributed by atoms with van der Waals surface area (Å²) in [6, 6.07) is 0. The standard InChI is InChI=1S/C9H21NO/c1-6-7-10-9(3,4)8(2)11-5/h8,10H,6-7H2,1-5H3. The van der Waals surface area contributed by atoms with Gasteiger partial charge in [0.1, 0.15) is 0 Å². The van der Waals surface area contributed by atoms with E-state index in [9.17, 15) is 0 Å². The minimum atomic E-state index is 0.0881. The molecule has 0 amide bonds. The van der Waals surface area contributed by atoms with Gasteiger partial charge < -0.3 is 10.1 Å². The maximum atomic E-state index is 5.25. The van der Waals surface area contributed by atoms with Crippen molar-refractivity contribution in [2.75, 3.05) is 13.7 Å². The number of hydrogen-bond donors (Lipinski definition) is 1. The van der Waals surface area contributed by atoms with Crippen LogP contribution in [0, 0.1) is 0 Å². The fourth-order valence-electron chi connectivity index (χ4n) is 0.886. The van der Waals surface area contributed by atoms with Gasteiger partial charge in [-0.3, -0.25) is 0 Å². The van der Waals surface area contributed by atoms with E-state index < -0.39 is 0 Å². The van der Waals surface area contributed by atoms with Gasteiger partial charge in [0.05, 0.1) is 6.10 Å². The Labute approximate surface area is 70.3 Å². The van der Waals surface area contributed by atoms with Crippen LogP contribution in [0.4, 0.5) is 0 Å². The smallest absolute Gasteiger partial charge is 0.0719 e. The molecule has 0 aliphatic heterocycles. The van der Waals surface area contributed by atoms with E-state index >= 15 is 0 Å². The van der Waals surface area contributed by atoms with Crippen molar-refractivity contribution >= 4 is 0 Å². The molecule has 0 saturated heterocycles. The second kappa shape index (κ2) is 4.73. The fraction of sp³-hybridized carbons (Fsp3) is 1.00. The highest BCUT2D eigenvalue weighted by molar-refractivity contribution is 4.83. The highest BCUT2D eigenvalue weighted by Gasteiger charge is 2.23. The molecule has 0 aliphatic carbocycles. The van der Waals surface area contributed by atoms with E-state index in [1.165, 1.54) is 6.42 Å². The molecule has 0 saturated carbocycles. The van der Waals surface area contributed by atoms with E-state index in [2.05, 4.69) is 33.0 Å². The summed E-state index contributed by atoms with van der Waals surface area (Å²) < 4.78 is 5.25. The Balaban J connectivity index is 3.77. The van der Waals surface area contributed by atoms with Crippen molar-refractivity contribution < 1.29 is 4.74 Å². The van der Waals surface area contributed by atoms with Gasteiger partial charge in [-0.1, -0.05) is 6.92 Å². The molecule has 0 fully saturated rings. The molecule has 0 aromatic carbocycles. The summed E-state index contributed by atoms with van der Waals surface area (Å²) in [7, 11) is 1.75. The monoisotopic (exact) mass is 159 g/mol. The molecular formula is C9H21NO. The van der Waals surface area contributed by atoms with Crippen molar-refractivity contribution in [1.82, 2.24) is 5.32 Å². The van der Waals surface area contributed by atoms with Crippen LogP contribution in [0.15, 0.2) is 0 Å². The lowest BCUT2D eigenvalue weighted by Crippen LogP contribution is -2.49. The number of nitrogens with one attached hydrogen (secondary N) is 1. The third kappa shape index (κ3) is 3.73. The van der Waals surface area contributed by atoms with Crippen molar-refractivity contribution in [3.63, 3.8) is 0 Å². The maximum absolute atomic E-state index is 5.25. The van der Waals surface area contributed by atoms with E-state index in [4.69, 9.17) is 4.74 Å². The van der Waals surface area contributed by atoms with E-state index in [-0.39, 0.29) is 11.6 Å². The Morgan fingerprint density at radius 2 is 2.00 bits per heavy atom. The first-order valence-electron chi connectivity index (χ1n) is 4.32. The Bertz CT molecular complexity index is 102. The van der Waals surface area contributed by atoms with Crippen LogP contribution >= 0.6 is 0 Å². The first kappa shape index (κ1) is 10.9. The molecule has 0 radical (unpaired) electrons. The van der Waals surface area contributed by atoms with Crippen LogP contribution in [0.5, 0.6) is 0 Å². The van der Waals surface area contributed by atoms with Gasteiger partial charge in [-0.2, -0.15) is 0 Å². The van der Waals surface area contributed by atoms with Crippen LogP contribution in [0.2, 0.25) is 0 Å². The normalized spacial score (nSPS) is 15.0. The average Bonchev–Trinajstić information content (AvgIpc) is 1.99. The summed E-state index contributed by atoms with van der Waals surface area (Å²) in [6.07, 6.45) is 1.42. The van der Waals surface area contributed by atoms with Crippen LogP contribution in [-0.2, 0) is 4.74 Å². The first-order valence-corrected chi connectivity index (χ1v) is 4.32. The lowest BCUT2D eigenvalue weighted by Gasteiger charge is -2.31. The van der Waals surface area contributed by atoms with E-state index in [0.29, 0.717) is 0 Å². The molecule has 0 heterocycles.